The molecule has 11 heteroatoms. The van der Waals surface area contributed by atoms with Gasteiger partial charge < -0.3 is 10.3 Å². The molecule has 168 valence electrons. The van der Waals surface area contributed by atoms with Gasteiger partial charge in [-0.3, -0.25) is 28.6 Å². The minimum Gasteiger partial charge on any atom is -0.384 e. The van der Waals surface area contributed by atoms with Gasteiger partial charge >= 0.3 is 5.69 Å². The fourth-order valence-corrected chi connectivity index (χ4v) is 4.00. The molecule has 0 saturated carbocycles. The molecule has 1 aliphatic rings. The Hall–Kier alpha value is -3.60. The lowest BCUT2D eigenvalue weighted by Gasteiger charge is -2.34. The Kier molecular flexibility index (Phi) is 5.74. The molecule has 0 aliphatic carbocycles. The maximum atomic E-state index is 13.1. The van der Waals surface area contributed by atoms with Crippen molar-refractivity contribution in [3.8, 4) is 11.5 Å². The van der Waals surface area contributed by atoms with E-state index in [-0.39, 0.29) is 17.3 Å². The van der Waals surface area contributed by atoms with E-state index in [1.165, 1.54) is 14.1 Å². The molecule has 11 nitrogen and oxygen atoms in total. The van der Waals surface area contributed by atoms with Crippen molar-refractivity contribution in [3.63, 3.8) is 0 Å². The van der Waals surface area contributed by atoms with Crippen LogP contribution in [0.3, 0.4) is 0 Å². The number of hydrogen-bond acceptors (Lipinski definition) is 9. The molecule has 4 heterocycles. The Balaban J connectivity index is 1.46. The van der Waals surface area contributed by atoms with E-state index in [4.69, 9.17) is 10.3 Å². The van der Waals surface area contributed by atoms with Crippen LogP contribution in [0.2, 0.25) is 0 Å². The van der Waals surface area contributed by atoms with Gasteiger partial charge in [0.2, 0.25) is 11.7 Å². The van der Waals surface area contributed by atoms with Gasteiger partial charge in [0.15, 0.2) is 5.78 Å². The van der Waals surface area contributed by atoms with E-state index in [0.717, 1.165) is 22.0 Å². The highest BCUT2D eigenvalue weighted by molar-refractivity contribution is 6.03. The Morgan fingerprint density at radius 3 is 2.56 bits per heavy atom. The van der Waals surface area contributed by atoms with Crippen LogP contribution in [0.5, 0.6) is 0 Å². The first-order chi connectivity index (χ1) is 15.3. The molecule has 0 radical (unpaired) electrons. The molecule has 3 aromatic rings. The fraction of sp³-hybridized carbons (Fsp3) is 0.429. The van der Waals surface area contributed by atoms with Crippen LogP contribution in [0.15, 0.2) is 38.5 Å². The second-order valence-corrected chi connectivity index (χ2v) is 7.99. The molecule has 0 spiro atoms. The first-order valence-corrected chi connectivity index (χ1v) is 10.4. The number of ketones is 1. The zero-order chi connectivity index (χ0) is 23.0. The molecule has 32 heavy (non-hydrogen) atoms. The molecular weight excluding hydrogens is 414 g/mol. The lowest BCUT2D eigenvalue weighted by Crippen LogP contribution is -2.48. The molecule has 0 amide bonds. The number of carbonyl (C=O) groups is 1. The van der Waals surface area contributed by atoms with Crippen molar-refractivity contribution in [2.75, 3.05) is 18.8 Å². The summed E-state index contributed by atoms with van der Waals surface area (Å²) < 4.78 is 7.47. The minimum atomic E-state index is -0.676. The Morgan fingerprint density at radius 1 is 1.19 bits per heavy atom. The van der Waals surface area contributed by atoms with E-state index in [9.17, 15) is 14.4 Å². The molecule has 0 bridgehead atoms. The number of carbonyl (C=O) groups excluding carboxylic acids is 1. The van der Waals surface area contributed by atoms with Gasteiger partial charge in [-0.05, 0) is 45.0 Å². The molecule has 2 N–H and O–H groups in total. The van der Waals surface area contributed by atoms with E-state index in [0.29, 0.717) is 30.5 Å². The fourth-order valence-electron chi connectivity index (χ4n) is 4.00. The standard InChI is InChI=1S/C21H25N7O4/c1-12(16(29)15-17(22)26(2)21(31)27(3)20(15)30)28-10-7-13(8-11-28)19-24-18(25-32-19)14-6-4-5-9-23-14/h4-6,9,12-13H,7-8,10-11,22H2,1-3H3. The number of likely N-dealkylation sites (tertiary alicyclic amines) is 1. The SMILES string of the molecule is CC(C(=O)c1c(N)n(C)c(=O)n(C)c1=O)N1CCC(c2nc(-c3ccccn3)no2)CC1. The van der Waals surface area contributed by atoms with E-state index < -0.39 is 23.1 Å². The van der Waals surface area contributed by atoms with Crippen LogP contribution in [0.4, 0.5) is 5.82 Å². The predicted octanol–water partition coefficient (Wildman–Crippen LogP) is 0.562. The normalized spacial score (nSPS) is 16.2. The van der Waals surface area contributed by atoms with Gasteiger partial charge in [0, 0.05) is 26.2 Å². The largest absolute Gasteiger partial charge is 0.384 e. The third-order valence-corrected chi connectivity index (χ3v) is 6.10. The summed E-state index contributed by atoms with van der Waals surface area (Å²) in [7, 11) is 2.77. The minimum absolute atomic E-state index is 0.0778. The number of anilines is 1. The Morgan fingerprint density at radius 2 is 1.91 bits per heavy atom. The van der Waals surface area contributed by atoms with Crippen molar-refractivity contribution in [2.45, 2.75) is 31.7 Å². The number of nitrogens with zero attached hydrogens (tertiary/aromatic N) is 6. The number of nitrogen functional groups attached to an aromatic ring is 1. The lowest BCUT2D eigenvalue weighted by atomic mass is 9.94. The zero-order valence-electron chi connectivity index (χ0n) is 18.2. The highest BCUT2D eigenvalue weighted by Crippen LogP contribution is 2.29. The Bertz CT molecular complexity index is 1250. The second kappa shape index (κ2) is 8.50. The highest BCUT2D eigenvalue weighted by atomic mass is 16.5. The average Bonchev–Trinajstić information content (AvgIpc) is 3.32. The van der Waals surface area contributed by atoms with Crippen molar-refractivity contribution >= 4 is 11.6 Å². The zero-order valence-corrected chi connectivity index (χ0v) is 18.2. The van der Waals surface area contributed by atoms with Gasteiger partial charge in [0.25, 0.3) is 5.56 Å². The topological polar surface area (TPSA) is 142 Å². The molecule has 1 fully saturated rings. The van der Waals surface area contributed by atoms with Gasteiger partial charge in [-0.2, -0.15) is 4.98 Å². The number of piperidine rings is 1. The van der Waals surface area contributed by atoms with Gasteiger partial charge in [-0.15, -0.1) is 0 Å². The summed E-state index contributed by atoms with van der Waals surface area (Å²) in [4.78, 5) is 48.4. The number of pyridine rings is 1. The summed E-state index contributed by atoms with van der Waals surface area (Å²) in [6.07, 6.45) is 3.12. The van der Waals surface area contributed by atoms with Crippen LogP contribution in [0, 0.1) is 0 Å². The van der Waals surface area contributed by atoms with E-state index >= 15 is 0 Å². The Labute approximate surface area is 183 Å². The first kappa shape index (κ1) is 21.6. The van der Waals surface area contributed by atoms with Crippen LogP contribution in [0.25, 0.3) is 11.5 Å². The van der Waals surface area contributed by atoms with Crippen LogP contribution in [-0.2, 0) is 14.1 Å². The van der Waals surface area contributed by atoms with Crippen molar-refractivity contribution in [3.05, 3.63) is 56.7 Å². The van der Waals surface area contributed by atoms with Crippen molar-refractivity contribution in [2.24, 2.45) is 14.1 Å². The number of nitrogens with two attached hydrogens (primary N) is 1. The van der Waals surface area contributed by atoms with Gasteiger partial charge in [-0.1, -0.05) is 11.2 Å². The van der Waals surface area contributed by atoms with Crippen molar-refractivity contribution < 1.29 is 9.32 Å². The molecule has 3 aromatic heterocycles. The maximum Gasteiger partial charge on any atom is 0.332 e. The van der Waals surface area contributed by atoms with Crippen LogP contribution in [-0.4, -0.2) is 54.1 Å². The molecule has 1 aliphatic heterocycles. The van der Waals surface area contributed by atoms with Gasteiger partial charge in [-0.25, -0.2) is 4.79 Å². The summed E-state index contributed by atoms with van der Waals surface area (Å²) in [6.45, 7) is 2.98. The first-order valence-electron chi connectivity index (χ1n) is 10.4. The van der Waals surface area contributed by atoms with Crippen molar-refractivity contribution in [1.29, 1.82) is 0 Å². The van der Waals surface area contributed by atoms with Gasteiger partial charge in [0.05, 0.1) is 6.04 Å². The van der Waals surface area contributed by atoms with Crippen LogP contribution in [0.1, 0.15) is 41.9 Å². The van der Waals surface area contributed by atoms with Gasteiger partial charge in [0.1, 0.15) is 17.1 Å². The summed E-state index contributed by atoms with van der Waals surface area (Å²) in [5.74, 6) is 0.576. The second-order valence-electron chi connectivity index (χ2n) is 7.99. The smallest absolute Gasteiger partial charge is 0.332 e. The molecule has 1 unspecified atom stereocenters. The third-order valence-electron chi connectivity index (χ3n) is 6.10. The summed E-state index contributed by atoms with van der Waals surface area (Å²) in [6, 6.07) is 4.94. The van der Waals surface area contributed by atoms with E-state index in [2.05, 4.69) is 15.1 Å². The summed E-state index contributed by atoms with van der Waals surface area (Å²) >= 11 is 0. The number of hydrogen-bond donors (Lipinski definition) is 1. The summed E-state index contributed by atoms with van der Waals surface area (Å²) in [5, 5.41) is 4.03. The van der Waals surface area contributed by atoms with Crippen molar-refractivity contribution in [1.82, 2.24) is 29.2 Å². The van der Waals surface area contributed by atoms with Crippen LogP contribution < -0.4 is 17.0 Å². The molecular formula is C21H25N7O4. The highest BCUT2D eigenvalue weighted by Gasteiger charge is 2.33. The predicted molar refractivity (Wildman–Crippen MR) is 116 cm³/mol. The van der Waals surface area contributed by atoms with E-state index in [1.54, 1.807) is 13.1 Å². The number of rotatable bonds is 5. The lowest BCUT2D eigenvalue weighted by molar-refractivity contribution is 0.0786. The average molecular weight is 439 g/mol. The van der Waals surface area contributed by atoms with Crippen LogP contribution >= 0.6 is 0 Å². The molecule has 4 rings (SSSR count). The summed E-state index contributed by atoms with van der Waals surface area (Å²) in [5.41, 5.74) is 5.20. The monoisotopic (exact) mass is 439 g/mol. The number of Topliss-reactive ketones (excluding diaryl/α,β-unsaturated/α-hetero) is 1. The molecule has 1 saturated heterocycles. The number of aromatic nitrogens is 5. The quantitative estimate of drug-likeness (QED) is 0.564. The maximum absolute atomic E-state index is 13.1. The molecule has 0 aromatic carbocycles. The van der Waals surface area contributed by atoms with E-state index in [1.807, 2.05) is 23.1 Å². The molecule has 1 atom stereocenters. The third kappa shape index (κ3) is 3.75.